The van der Waals surface area contributed by atoms with Crippen molar-refractivity contribution < 1.29 is 31.4 Å². The van der Waals surface area contributed by atoms with Crippen LogP contribution < -0.4 is 5.32 Å². The summed E-state index contributed by atoms with van der Waals surface area (Å²) in [5.41, 5.74) is -3.73. The maximum Gasteiger partial charge on any atom is 0.433 e. The Labute approximate surface area is 150 Å². The number of para-hydroxylation sites is 1. The summed E-state index contributed by atoms with van der Waals surface area (Å²) < 4.78 is 78.9. The number of hydrogen-bond donors (Lipinski definition) is 2. The lowest BCUT2D eigenvalue weighted by Gasteiger charge is -2.22. The van der Waals surface area contributed by atoms with E-state index in [1.807, 2.05) is 0 Å². The molecule has 0 bridgehead atoms. The van der Waals surface area contributed by atoms with Crippen LogP contribution in [0, 0.1) is 0 Å². The summed E-state index contributed by atoms with van der Waals surface area (Å²) in [7, 11) is 0. The van der Waals surface area contributed by atoms with Gasteiger partial charge in [-0.25, -0.2) is 4.98 Å². The van der Waals surface area contributed by atoms with Crippen LogP contribution in [0.5, 0.6) is 0 Å². The van der Waals surface area contributed by atoms with Gasteiger partial charge in [-0.05, 0) is 37.1 Å². The van der Waals surface area contributed by atoms with Crippen molar-refractivity contribution in [3.8, 4) is 0 Å². The molecule has 1 aromatic carbocycles. The van der Waals surface area contributed by atoms with Gasteiger partial charge in [0.1, 0.15) is 5.69 Å². The predicted molar refractivity (Wildman–Crippen MR) is 85.0 cm³/mol. The van der Waals surface area contributed by atoms with Gasteiger partial charge in [-0.2, -0.15) is 26.3 Å². The zero-order chi connectivity index (χ0) is 18.4. The number of aromatic nitrogens is 1. The van der Waals surface area contributed by atoms with Crippen molar-refractivity contribution in [2.45, 2.75) is 37.3 Å². The van der Waals surface area contributed by atoms with Gasteiger partial charge in [-0.15, -0.1) is 12.4 Å². The molecule has 10 heteroatoms. The Morgan fingerprint density at radius 2 is 1.81 bits per heavy atom. The highest BCUT2D eigenvalue weighted by molar-refractivity contribution is 5.86. The Kier molecular flexibility index (Phi) is 5.74. The number of nitrogens with zero attached hydrogens (tertiary/aromatic N) is 1. The summed E-state index contributed by atoms with van der Waals surface area (Å²) in [5, 5.41) is 13.3. The third-order valence-corrected chi connectivity index (χ3v) is 4.27. The molecule has 2 N–H and O–H groups in total. The van der Waals surface area contributed by atoms with Gasteiger partial charge >= 0.3 is 12.4 Å². The fraction of sp³-hybridized carbons (Fsp3) is 0.438. The molecular weight excluding hydrogens is 386 g/mol. The van der Waals surface area contributed by atoms with Gasteiger partial charge < -0.3 is 10.4 Å². The maximum absolute atomic E-state index is 13.2. The van der Waals surface area contributed by atoms with E-state index < -0.39 is 41.3 Å². The Hall–Kier alpha value is -1.58. The number of nitrogens with one attached hydrogen (secondary N) is 1. The molecule has 0 spiro atoms. The highest BCUT2D eigenvalue weighted by Crippen LogP contribution is 2.39. The lowest BCUT2D eigenvalue weighted by Crippen LogP contribution is -2.29. The van der Waals surface area contributed by atoms with E-state index >= 15 is 0 Å². The molecule has 1 saturated heterocycles. The van der Waals surface area contributed by atoms with Gasteiger partial charge in [0.15, 0.2) is 0 Å². The molecular formula is C16H15ClF6N2O. The van der Waals surface area contributed by atoms with Crippen LogP contribution in [-0.2, 0) is 12.4 Å². The first-order valence-electron chi connectivity index (χ1n) is 7.58. The molecule has 0 amide bonds. The molecule has 26 heavy (non-hydrogen) atoms. The number of rotatable bonds is 2. The molecule has 0 unspecified atom stereocenters. The molecule has 0 radical (unpaired) electrons. The number of aliphatic hydroxyl groups excluding tert-OH is 1. The Bertz CT molecular complexity index is 787. The molecule has 1 aromatic heterocycles. The van der Waals surface area contributed by atoms with Crippen molar-refractivity contribution in [2.24, 2.45) is 0 Å². The zero-order valence-electron chi connectivity index (χ0n) is 13.2. The lowest BCUT2D eigenvalue weighted by atomic mass is 9.95. The molecule has 144 valence electrons. The second kappa shape index (κ2) is 7.21. The van der Waals surface area contributed by atoms with Crippen LogP contribution in [0.4, 0.5) is 26.3 Å². The summed E-state index contributed by atoms with van der Waals surface area (Å²) in [6.45, 7) is 0.588. The van der Waals surface area contributed by atoms with Crippen LogP contribution in [0.1, 0.15) is 35.8 Å². The average Bonchev–Trinajstić information content (AvgIpc) is 3.05. The summed E-state index contributed by atoms with van der Waals surface area (Å²) in [6, 6.07) is 3.14. The second-order valence-corrected chi connectivity index (χ2v) is 5.94. The monoisotopic (exact) mass is 400 g/mol. The van der Waals surface area contributed by atoms with Gasteiger partial charge in [-0.3, -0.25) is 0 Å². The first-order chi connectivity index (χ1) is 11.6. The number of pyridine rings is 1. The maximum atomic E-state index is 13.2. The standard InChI is InChI=1S/C16H14F6N2O.ClH/c17-15(18,19)10-4-1-3-8-9(14(25)11-5-2-6-23-11)7-12(16(20,21)22)24-13(8)10;/h1,3-4,7,11,14,23,25H,2,5-6H2;1H/t11-,14+;/m0./s1. The molecule has 0 aliphatic carbocycles. The van der Waals surface area contributed by atoms with Gasteiger partial charge in [0.2, 0.25) is 0 Å². The SMILES string of the molecule is Cl.O[C@H](c1cc(C(F)(F)F)nc2c(C(F)(F)F)cccc12)[C@@H]1CCCN1. The molecule has 3 rings (SSSR count). The first-order valence-corrected chi connectivity index (χ1v) is 7.58. The van der Waals surface area contributed by atoms with E-state index in [9.17, 15) is 31.4 Å². The number of fused-ring (bicyclic) bond motifs is 1. The number of hydrogen-bond acceptors (Lipinski definition) is 3. The largest absolute Gasteiger partial charge is 0.433 e. The van der Waals surface area contributed by atoms with Gasteiger partial charge in [-0.1, -0.05) is 12.1 Å². The smallest absolute Gasteiger partial charge is 0.387 e. The average molecular weight is 401 g/mol. The van der Waals surface area contributed by atoms with Crippen LogP contribution in [-0.4, -0.2) is 22.7 Å². The van der Waals surface area contributed by atoms with Gasteiger partial charge in [0.05, 0.1) is 17.2 Å². The quantitative estimate of drug-likeness (QED) is 0.731. The fourth-order valence-electron chi connectivity index (χ4n) is 3.09. The number of halogens is 7. The zero-order valence-corrected chi connectivity index (χ0v) is 14.0. The predicted octanol–water partition coefficient (Wildman–Crippen LogP) is 4.48. The van der Waals surface area contributed by atoms with Crippen LogP contribution >= 0.6 is 12.4 Å². The number of benzene rings is 1. The van der Waals surface area contributed by atoms with Crippen molar-refractivity contribution in [3.63, 3.8) is 0 Å². The van der Waals surface area contributed by atoms with Crippen LogP contribution in [0.3, 0.4) is 0 Å². The Morgan fingerprint density at radius 3 is 2.35 bits per heavy atom. The van der Waals surface area contributed by atoms with Crippen LogP contribution in [0.15, 0.2) is 24.3 Å². The topological polar surface area (TPSA) is 45.2 Å². The Morgan fingerprint density at radius 1 is 1.12 bits per heavy atom. The van der Waals surface area contributed by atoms with Gasteiger partial charge in [0, 0.05) is 11.4 Å². The minimum atomic E-state index is -4.93. The van der Waals surface area contributed by atoms with Crippen molar-refractivity contribution in [1.82, 2.24) is 10.3 Å². The highest BCUT2D eigenvalue weighted by atomic mass is 35.5. The summed E-state index contributed by atoms with van der Waals surface area (Å²) in [4.78, 5) is 3.21. The molecule has 3 nitrogen and oxygen atoms in total. The summed E-state index contributed by atoms with van der Waals surface area (Å²) in [5.74, 6) is 0. The lowest BCUT2D eigenvalue weighted by molar-refractivity contribution is -0.142. The van der Waals surface area contributed by atoms with E-state index in [-0.39, 0.29) is 23.4 Å². The molecule has 1 fully saturated rings. The Balaban J connectivity index is 0.00000243. The fourth-order valence-corrected chi connectivity index (χ4v) is 3.09. The van der Waals surface area contributed by atoms with E-state index in [0.29, 0.717) is 25.1 Å². The van der Waals surface area contributed by atoms with Crippen molar-refractivity contribution in [2.75, 3.05) is 6.54 Å². The van der Waals surface area contributed by atoms with E-state index in [1.165, 1.54) is 6.07 Å². The van der Waals surface area contributed by atoms with Gasteiger partial charge in [0.25, 0.3) is 0 Å². The van der Waals surface area contributed by atoms with E-state index in [2.05, 4.69) is 10.3 Å². The highest BCUT2D eigenvalue weighted by Gasteiger charge is 2.38. The van der Waals surface area contributed by atoms with Crippen LogP contribution in [0.2, 0.25) is 0 Å². The van der Waals surface area contributed by atoms with Crippen molar-refractivity contribution in [1.29, 1.82) is 0 Å². The number of alkyl halides is 6. The van der Waals surface area contributed by atoms with Crippen molar-refractivity contribution in [3.05, 3.63) is 41.1 Å². The molecule has 1 aliphatic heterocycles. The van der Waals surface area contributed by atoms with E-state index in [0.717, 1.165) is 12.5 Å². The third kappa shape index (κ3) is 3.89. The number of aliphatic hydroxyl groups is 1. The minimum Gasteiger partial charge on any atom is -0.387 e. The minimum absolute atomic E-state index is 0. The summed E-state index contributed by atoms with van der Waals surface area (Å²) >= 11 is 0. The summed E-state index contributed by atoms with van der Waals surface area (Å²) in [6.07, 6.45) is -9.90. The third-order valence-electron chi connectivity index (χ3n) is 4.27. The van der Waals surface area contributed by atoms with E-state index in [1.54, 1.807) is 0 Å². The van der Waals surface area contributed by atoms with Crippen molar-refractivity contribution >= 4 is 23.3 Å². The molecule has 1 aliphatic rings. The first kappa shape index (κ1) is 20.7. The second-order valence-electron chi connectivity index (χ2n) is 5.94. The molecule has 0 saturated carbocycles. The van der Waals surface area contributed by atoms with E-state index in [4.69, 9.17) is 0 Å². The molecule has 2 atom stereocenters. The van der Waals surface area contributed by atoms with Crippen LogP contribution in [0.25, 0.3) is 10.9 Å². The molecule has 2 aromatic rings. The molecule has 2 heterocycles. The normalized spacial score (nSPS) is 19.4.